The first-order valence-corrected chi connectivity index (χ1v) is 2.94. The summed E-state index contributed by atoms with van der Waals surface area (Å²) < 4.78 is 0. The summed E-state index contributed by atoms with van der Waals surface area (Å²) in [6.07, 6.45) is 0.690. The van der Waals surface area contributed by atoms with Gasteiger partial charge in [-0.1, -0.05) is 6.92 Å². The molecule has 0 fully saturated rings. The van der Waals surface area contributed by atoms with Crippen molar-refractivity contribution in [3.63, 3.8) is 0 Å². The standard InChI is InChI=1S/C5H15N3/c1-3-4(2)8-5(6)7/h4-5,8H,3,6-7H2,1-2H3/t4-/m1/s1. The van der Waals surface area contributed by atoms with Crippen molar-refractivity contribution in [1.82, 2.24) is 5.32 Å². The van der Waals surface area contributed by atoms with Crippen LogP contribution in [0, 0.1) is 0 Å². The molecule has 5 N–H and O–H groups in total. The van der Waals surface area contributed by atoms with Gasteiger partial charge < -0.3 is 11.5 Å². The van der Waals surface area contributed by atoms with Crippen LogP contribution in [-0.4, -0.2) is 12.3 Å². The fraction of sp³-hybridized carbons (Fsp3) is 1.00. The van der Waals surface area contributed by atoms with Crippen LogP contribution in [0.1, 0.15) is 20.3 Å². The molecule has 0 aliphatic rings. The SMILES string of the molecule is CC[C@@H](C)NC(N)N. The largest absolute Gasteiger partial charge is 0.304 e. The highest BCUT2D eigenvalue weighted by molar-refractivity contribution is 4.58. The van der Waals surface area contributed by atoms with Gasteiger partial charge in [0.1, 0.15) is 6.29 Å². The van der Waals surface area contributed by atoms with Crippen molar-refractivity contribution >= 4 is 0 Å². The van der Waals surface area contributed by atoms with Crippen LogP contribution >= 0.6 is 0 Å². The van der Waals surface area contributed by atoms with E-state index < -0.39 is 0 Å². The van der Waals surface area contributed by atoms with E-state index >= 15 is 0 Å². The molecule has 0 amide bonds. The number of nitrogens with two attached hydrogens (primary N) is 2. The third kappa shape index (κ3) is 4.05. The van der Waals surface area contributed by atoms with Crippen LogP contribution in [-0.2, 0) is 0 Å². The Morgan fingerprint density at radius 1 is 1.50 bits per heavy atom. The van der Waals surface area contributed by atoms with Crippen LogP contribution in [0.4, 0.5) is 0 Å². The van der Waals surface area contributed by atoms with Crippen LogP contribution in [0.25, 0.3) is 0 Å². The van der Waals surface area contributed by atoms with Gasteiger partial charge in [0.25, 0.3) is 0 Å². The molecule has 1 atom stereocenters. The van der Waals surface area contributed by atoms with E-state index in [9.17, 15) is 0 Å². The molecule has 0 spiro atoms. The first-order valence-electron chi connectivity index (χ1n) is 2.94. The van der Waals surface area contributed by atoms with Gasteiger partial charge in [-0.3, -0.25) is 5.32 Å². The van der Waals surface area contributed by atoms with Crippen LogP contribution in [0.2, 0.25) is 0 Å². The summed E-state index contributed by atoms with van der Waals surface area (Å²) in [5.41, 5.74) is 10.5. The second kappa shape index (κ2) is 3.83. The second-order valence-corrected chi connectivity index (χ2v) is 2.00. The zero-order chi connectivity index (χ0) is 6.57. The molecule has 8 heavy (non-hydrogen) atoms. The summed E-state index contributed by atoms with van der Waals surface area (Å²) >= 11 is 0. The Balaban J connectivity index is 3.10. The highest BCUT2D eigenvalue weighted by atomic mass is 15.1. The average molecular weight is 117 g/mol. The number of hydrogen-bond donors (Lipinski definition) is 3. The highest BCUT2D eigenvalue weighted by Gasteiger charge is 1.97. The molecule has 3 nitrogen and oxygen atoms in total. The van der Waals surface area contributed by atoms with Gasteiger partial charge in [-0.25, -0.2) is 0 Å². The van der Waals surface area contributed by atoms with E-state index in [1.807, 2.05) is 6.92 Å². The minimum Gasteiger partial charge on any atom is -0.304 e. The zero-order valence-corrected chi connectivity index (χ0v) is 5.52. The minimum atomic E-state index is -0.370. The quantitative estimate of drug-likeness (QED) is 0.440. The molecule has 0 aromatic rings. The van der Waals surface area contributed by atoms with Crippen LogP contribution in [0.3, 0.4) is 0 Å². The van der Waals surface area contributed by atoms with Crippen molar-refractivity contribution in [2.45, 2.75) is 32.6 Å². The number of nitrogens with one attached hydrogen (secondary N) is 1. The molecule has 3 heteroatoms. The normalized spacial score (nSPS) is 14.6. The predicted molar refractivity (Wildman–Crippen MR) is 35.1 cm³/mol. The van der Waals surface area contributed by atoms with E-state index in [-0.39, 0.29) is 6.29 Å². The Bertz CT molecular complexity index is 53.6. The monoisotopic (exact) mass is 117 g/mol. The molecular formula is C5H15N3. The van der Waals surface area contributed by atoms with Gasteiger partial charge >= 0.3 is 0 Å². The molecule has 0 saturated carbocycles. The highest BCUT2D eigenvalue weighted by Crippen LogP contribution is 1.84. The molecule has 0 aromatic heterocycles. The first-order chi connectivity index (χ1) is 3.66. The van der Waals surface area contributed by atoms with E-state index in [4.69, 9.17) is 11.5 Å². The van der Waals surface area contributed by atoms with Gasteiger partial charge in [0.05, 0.1) is 0 Å². The van der Waals surface area contributed by atoms with Gasteiger partial charge in [0, 0.05) is 6.04 Å². The molecule has 0 radical (unpaired) electrons. The van der Waals surface area contributed by atoms with Crippen molar-refractivity contribution < 1.29 is 0 Å². The third-order valence-corrected chi connectivity index (χ3v) is 1.09. The van der Waals surface area contributed by atoms with Crippen LogP contribution in [0.15, 0.2) is 0 Å². The molecule has 0 aliphatic carbocycles. The fourth-order valence-corrected chi connectivity index (χ4v) is 0.446. The van der Waals surface area contributed by atoms with Crippen LogP contribution in [0.5, 0.6) is 0 Å². The average Bonchev–Trinajstić information content (AvgIpc) is 1.65. The maximum Gasteiger partial charge on any atom is 0.107 e. The van der Waals surface area contributed by atoms with Crippen molar-refractivity contribution in [2.24, 2.45) is 11.5 Å². The fourth-order valence-electron chi connectivity index (χ4n) is 0.446. The molecule has 0 bridgehead atoms. The Labute approximate surface area is 50.4 Å². The summed E-state index contributed by atoms with van der Waals surface area (Å²) in [5.74, 6) is 0. The summed E-state index contributed by atoms with van der Waals surface area (Å²) in [6.45, 7) is 4.13. The summed E-state index contributed by atoms with van der Waals surface area (Å²) in [7, 11) is 0. The van der Waals surface area contributed by atoms with E-state index in [1.54, 1.807) is 0 Å². The first kappa shape index (κ1) is 7.88. The Morgan fingerprint density at radius 2 is 2.00 bits per heavy atom. The topological polar surface area (TPSA) is 64.1 Å². The van der Waals surface area contributed by atoms with Crippen molar-refractivity contribution in [1.29, 1.82) is 0 Å². The van der Waals surface area contributed by atoms with Crippen molar-refractivity contribution in [2.75, 3.05) is 0 Å². The summed E-state index contributed by atoms with van der Waals surface area (Å²) in [5, 5.41) is 2.95. The molecule has 0 aliphatic heterocycles. The van der Waals surface area contributed by atoms with Gasteiger partial charge in [0.2, 0.25) is 0 Å². The Morgan fingerprint density at radius 3 is 2.12 bits per heavy atom. The summed E-state index contributed by atoms with van der Waals surface area (Å²) in [4.78, 5) is 0. The van der Waals surface area contributed by atoms with Crippen LogP contribution < -0.4 is 16.8 Å². The smallest absolute Gasteiger partial charge is 0.107 e. The lowest BCUT2D eigenvalue weighted by Gasteiger charge is -2.13. The third-order valence-electron chi connectivity index (χ3n) is 1.09. The predicted octanol–water partition coefficient (Wildman–Crippen LogP) is -0.424. The molecule has 50 valence electrons. The number of hydrogen-bond acceptors (Lipinski definition) is 3. The maximum atomic E-state index is 5.24. The molecule has 0 unspecified atom stereocenters. The molecular weight excluding hydrogens is 102 g/mol. The van der Waals surface area contributed by atoms with Gasteiger partial charge in [-0.05, 0) is 13.3 Å². The lowest BCUT2D eigenvalue weighted by atomic mass is 10.3. The minimum absolute atomic E-state index is 0.370. The van der Waals surface area contributed by atoms with E-state index in [0.29, 0.717) is 6.04 Å². The molecule has 0 aromatic carbocycles. The lowest BCUT2D eigenvalue weighted by molar-refractivity contribution is 0.454. The molecule has 0 saturated heterocycles. The summed E-state index contributed by atoms with van der Waals surface area (Å²) in [6, 6.07) is 0.426. The molecule has 0 heterocycles. The maximum absolute atomic E-state index is 5.24. The van der Waals surface area contributed by atoms with Crippen molar-refractivity contribution in [3.05, 3.63) is 0 Å². The Kier molecular flexibility index (Phi) is 3.77. The van der Waals surface area contributed by atoms with E-state index in [1.165, 1.54) is 0 Å². The second-order valence-electron chi connectivity index (χ2n) is 2.00. The lowest BCUT2D eigenvalue weighted by Crippen LogP contribution is -2.48. The van der Waals surface area contributed by atoms with E-state index in [2.05, 4.69) is 12.2 Å². The van der Waals surface area contributed by atoms with Crippen molar-refractivity contribution in [3.8, 4) is 0 Å². The Hall–Kier alpha value is -0.120. The number of rotatable bonds is 3. The zero-order valence-electron chi connectivity index (χ0n) is 5.52. The van der Waals surface area contributed by atoms with Gasteiger partial charge in [-0.2, -0.15) is 0 Å². The van der Waals surface area contributed by atoms with Gasteiger partial charge in [-0.15, -0.1) is 0 Å². The van der Waals surface area contributed by atoms with E-state index in [0.717, 1.165) is 6.42 Å². The molecule has 0 rings (SSSR count). The van der Waals surface area contributed by atoms with Gasteiger partial charge in [0.15, 0.2) is 0 Å².